The molecule has 2 aromatic carbocycles. The van der Waals surface area contributed by atoms with Crippen molar-refractivity contribution < 1.29 is 14.1 Å². The van der Waals surface area contributed by atoms with Gasteiger partial charge in [-0.15, -0.1) is 0 Å². The van der Waals surface area contributed by atoms with Gasteiger partial charge in [0.25, 0.3) is 5.69 Å². The largest absolute Gasteiger partial charge is 0.497 e. The van der Waals surface area contributed by atoms with Crippen LogP contribution in [0, 0.1) is 10.1 Å². The number of rotatable bonds is 7. The van der Waals surface area contributed by atoms with Crippen LogP contribution in [0.25, 0.3) is 22.1 Å². The number of H-pyrrole nitrogens is 1. The zero-order valence-electron chi connectivity index (χ0n) is 14.9. The van der Waals surface area contributed by atoms with Gasteiger partial charge in [-0.25, -0.2) is 9.78 Å². The normalized spacial score (nSPS) is 11.3. The molecule has 0 bridgehead atoms. The number of aryl methyl sites for hydroxylation is 1. The van der Waals surface area contributed by atoms with E-state index >= 15 is 0 Å². The minimum Gasteiger partial charge on any atom is -0.497 e. The minimum atomic E-state index is -0.517. The summed E-state index contributed by atoms with van der Waals surface area (Å²) in [7, 11) is 1.61. The molecule has 4 rings (SSSR count). The third-order valence-electron chi connectivity index (χ3n) is 4.29. The van der Waals surface area contributed by atoms with Gasteiger partial charge in [0.15, 0.2) is 10.7 Å². The van der Waals surface area contributed by atoms with Crippen molar-refractivity contribution in [1.82, 2.24) is 14.5 Å². The van der Waals surface area contributed by atoms with Crippen LogP contribution in [-0.2, 0) is 6.54 Å². The Morgan fingerprint density at radius 1 is 1.32 bits per heavy atom. The Morgan fingerprint density at radius 2 is 2.18 bits per heavy atom. The summed E-state index contributed by atoms with van der Waals surface area (Å²) in [6.45, 7) is 0.397. The molecule has 0 unspecified atom stereocenters. The van der Waals surface area contributed by atoms with Crippen molar-refractivity contribution in [3.8, 4) is 5.75 Å². The molecular formula is C18H16N4O5S. The number of methoxy groups -OCH3 is 1. The summed E-state index contributed by atoms with van der Waals surface area (Å²) >= 11 is 1.54. The summed E-state index contributed by atoms with van der Waals surface area (Å²) in [5, 5.41) is 11.7. The molecule has 4 aromatic rings. The van der Waals surface area contributed by atoms with Crippen LogP contribution in [0.15, 0.2) is 50.8 Å². The van der Waals surface area contributed by atoms with E-state index in [-0.39, 0.29) is 5.69 Å². The zero-order chi connectivity index (χ0) is 19.7. The maximum absolute atomic E-state index is 12.1. The molecular weight excluding hydrogens is 384 g/mol. The van der Waals surface area contributed by atoms with Gasteiger partial charge in [-0.3, -0.25) is 14.7 Å². The Balaban J connectivity index is 1.44. The third-order valence-corrected chi connectivity index (χ3v) is 5.25. The first-order valence-electron chi connectivity index (χ1n) is 8.49. The predicted octanol–water partition coefficient (Wildman–Crippen LogP) is 3.57. The van der Waals surface area contributed by atoms with Gasteiger partial charge in [0.1, 0.15) is 5.75 Å². The molecule has 0 radical (unpaired) electrons. The highest BCUT2D eigenvalue weighted by Gasteiger charge is 2.14. The van der Waals surface area contributed by atoms with Gasteiger partial charge in [-0.2, -0.15) is 0 Å². The van der Waals surface area contributed by atoms with Gasteiger partial charge in [0.2, 0.25) is 0 Å². The summed E-state index contributed by atoms with van der Waals surface area (Å²) in [5.41, 5.74) is 2.45. The number of benzene rings is 2. The number of hydrogen-bond acceptors (Lipinski definition) is 7. The number of imidazole rings is 1. The Labute approximate surface area is 162 Å². The van der Waals surface area contributed by atoms with Crippen LogP contribution in [0.5, 0.6) is 5.75 Å². The van der Waals surface area contributed by atoms with Crippen molar-refractivity contribution >= 4 is 39.6 Å². The van der Waals surface area contributed by atoms with E-state index in [0.717, 1.165) is 21.9 Å². The molecule has 0 atom stereocenters. The molecule has 9 nitrogen and oxygen atoms in total. The third kappa shape index (κ3) is 3.46. The zero-order valence-corrected chi connectivity index (χ0v) is 15.7. The lowest BCUT2D eigenvalue weighted by Gasteiger charge is -2.01. The first-order valence-corrected chi connectivity index (χ1v) is 9.48. The molecule has 0 aliphatic carbocycles. The first kappa shape index (κ1) is 18.1. The van der Waals surface area contributed by atoms with Crippen molar-refractivity contribution in [2.24, 2.45) is 0 Å². The van der Waals surface area contributed by atoms with Crippen LogP contribution in [0.1, 0.15) is 6.42 Å². The highest BCUT2D eigenvalue weighted by atomic mass is 32.2. The number of fused-ring (bicyclic) bond motifs is 2. The van der Waals surface area contributed by atoms with E-state index in [2.05, 4.69) is 9.97 Å². The molecule has 28 heavy (non-hydrogen) atoms. The number of hydrogen-bond donors (Lipinski definition) is 1. The molecule has 1 N–H and O–H groups in total. The van der Waals surface area contributed by atoms with E-state index in [0.29, 0.717) is 29.8 Å². The van der Waals surface area contributed by atoms with Crippen LogP contribution in [-0.4, -0.2) is 32.3 Å². The highest BCUT2D eigenvalue weighted by molar-refractivity contribution is 7.99. The van der Waals surface area contributed by atoms with Gasteiger partial charge in [-0.1, -0.05) is 11.8 Å². The number of nitrogens with zero attached hydrogens (tertiary/aromatic N) is 3. The van der Waals surface area contributed by atoms with E-state index < -0.39 is 10.7 Å². The fourth-order valence-corrected chi connectivity index (χ4v) is 3.74. The van der Waals surface area contributed by atoms with Crippen molar-refractivity contribution in [3.63, 3.8) is 0 Å². The Hall–Kier alpha value is -3.27. The van der Waals surface area contributed by atoms with Gasteiger partial charge in [-0.05, 0) is 24.6 Å². The number of nitro groups is 1. The summed E-state index contributed by atoms with van der Waals surface area (Å²) < 4.78 is 11.8. The van der Waals surface area contributed by atoms with E-state index in [9.17, 15) is 14.9 Å². The maximum atomic E-state index is 12.1. The molecule has 0 amide bonds. The number of thioether (sulfide) groups is 1. The summed E-state index contributed by atoms with van der Waals surface area (Å²) in [6, 6.07) is 9.76. The second kappa shape index (κ2) is 7.39. The number of non-ortho nitro benzene ring substituents is 1. The molecule has 0 fully saturated rings. The smallest absolute Gasteiger partial charge is 0.419 e. The fourth-order valence-electron chi connectivity index (χ4n) is 2.93. The lowest BCUT2D eigenvalue weighted by Crippen LogP contribution is -2.14. The number of oxazole rings is 1. The molecule has 2 aromatic heterocycles. The van der Waals surface area contributed by atoms with Crippen molar-refractivity contribution in [2.45, 2.75) is 18.1 Å². The molecule has 144 valence electrons. The van der Waals surface area contributed by atoms with Crippen molar-refractivity contribution in [1.29, 1.82) is 0 Å². The number of nitro benzene ring substituents is 1. The highest BCUT2D eigenvalue weighted by Crippen LogP contribution is 2.24. The molecule has 0 spiro atoms. The number of aromatic nitrogens is 3. The monoisotopic (exact) mass is 400 g/mol. The van der Waals surface area contributed by atoms with Crippen LogP contribution in [0.4, 0.5) is 5.69 Å². The minimum absolute atomic E-state index is 0.0749. The summed E-state index contributed by atoms with van der Waals surface area (Å²) in [6.07, 6.45) is 0.669. The Bertz CT molecular complexity index is 1230. The molecule has 10 heteroatoms. The topological polar surface area (TPSA) is 116 Å². The second-order valence-corrected chi connectivity index (χ2v) is 7.14. The first-order chi connectivity index (χ1) is 13.5. The fraction of sp³-hybridized carbons (Fsp3) is 0.222. The molecule has 0 aliphatic heterocycles. The van der Waals surface area contributed by atoms with Crippen molar-refractivity contribution in [3.05, 3.63) is 57.1 Å². The van der Waals surface area contributed by atoms with E-state index in [1.807, 2.05) is 18.2 Å². The van der Waals surface area contributed by atoms with Gasteiger partial charge in [0.05, 0.1) is 28.6 Å². The molecule has 2 heterocycles. The maximum Gasteiger partial charge on any atom is 0.419 e. The molecule has 0 saturated heterocycles. The van der Waals surface area contributed by atoms with Crippen LogP contribution in [0.2, 0.25) is 0 Å². The van der Waals surface area contributed by atoms with E-state index in [1.54, 1.807) is 7.11 Å². The van der Waals surface area contributed by atoms with E-state index in [1.165, 1.54) is 34.5 Å². The molecule has 0 aliphatic rings. The van der Waals surface area contributed by atoms with Gasteiger partial charge < -0.3 is 14.1 Å². The lowest BCUT2D eigenvalue weighted by atomic mass is 10.3. The Kier molecular flexibility index (Phi) is 4.78. The lowest BCUT2D eigenvalue weighted by molar-refractivity contribution is -0.384. The van der Waals surface area contributed by atoms with Crippen LogP contribution >= 0.6 is 11.8 Å². The number of nitrogens with one attached hydrogen (secondary N) is 1. The van der Waals surface area contributed by atoms with Gasteiger partial charge >= 0.3 is 5.76 Å². The van der Waals surface area contributed by atoms with Crippen LogP contribution in [0.3, 0.4) is 0 Å². The quantitative estimate of drug-likeness (QED) is 0.218. The Morgan fingerprint density at radius 3 is 2.96 bits per heavy atom. The van der Waals surface area contributed by atoms with Crippen molar-refractivity contribution in [2.75, 3.05) is 12.9 Å². The average molecular weight is 400 g/mol. The summed E-state index contributed by atoms with van der Waals surface area (Å²) in [4.78, 5) is 30.3. The standard InChI is InChI=1S/C18H16N4O5S/c1-26-12-4-5-13-14(10-12)20-17(19-13)28-8-2-7-21-15-9-11(22(24)25)3-6-16(15)27-18(21)23/h3-6,9-10H,2,7-8H2,1H3,(H,19,20). The van der Waals surface area contributed by atoms with E-state index in [4.69, 9.17) is 9.15 Å². The second-order valence-electron chi connectivity index (χ2n) is 6.06. The van der Waals surface area contributed by atoms with Crippen LogP contribution < -0.4 is 10.5 Å². The van der Waals surface area contributed by atoms with Gasteiger partial charge in [0, 0.05) is 30.5 Å². The average Bonchev–Trinajstić information content (AvgIpc) is 3.23. The summed E-state index contributed by atoms with van der Waals surface area (Å²) in [5.74, 6) is 0.953. The SMILES string of the molecule is COc1ccc2nc(SCCCn3c(=O)oc4ccc([N+](=O)[O-])cc43)[nH]c2c1. The number of ether oxygens (including phenoxy) is 1. The number of aromatic amines is 1. The molecule has 0 saturated carbocycles. The predicted molar refractivity (Wildman–Crippen MR) is 105 cm³/mol.